The Balaban J connectivity index is 1.76. The molecule has 0 atom stereocenters. The highest BCUT2D eigenvalue weighted by atomic mass is 32.1. The van der Waals surface area contributed by atoms with Crippen LogP contribution in [0.15, 0.2) is 42.7 Å². The van der Waals surface area contributed by atoms with Gasteiger partial charge in [0.15, 0.2) is 5.13 Å². The smallest absolute Gasteiger partial charge is 0.267 e. The van der Waals surface area contributed by atoms with Crippen molar-refractivity contribution in [3.8, 4) is 5.69 Å². The molecule has 0 aliphatic carbocycles. The van der Waals surface area contributed by atoms with Crippen LogP contribution in [0.5, 0.6) is 0 Å². The van der Waals surface area contributed by atoms with Crippen LogP contribution in [0, 0.1) is 6.92 Å². The number of hydrogen-bond acceptors (Lipinski definition) is 5. The SMILES string of the molecule is Cc1nc(N)sc1C(=O)Nc1ccc(-n2cccn2)cc1. The zero-order valence-corrected chi connectivity index (χ0v) is 12.1. The minimum atomic E-state index is -0.200. The molecular weight excluding hydrogens is 286 g/mol. The lowest BCUT2D eigenvalue weighted by Crippen LogP contribution is -2.11. The Hall–Kier alpha value is -2.67. The first-order chi connectivity index (χ1) is 10.1. The van der Waals surface area contributed by atoms with Crippen molar-refractivity contribution in [2.24, 2.45) is 0 Å². The Morgan fingerprint density at radius 2 is 2.10 bits per heavy atom. The molecule has 0 bridgehead atoms. The molecule has 0 spiro atoms. The van der Waals surface area contributed by atoms with Gasteiger partial charge in [0.2, 0.25) is 0 Å². The van der Waals surface area contributed by atoms with E-state index < -0.39 is 0 Å². The van der Waals surface area contributed by atoms with Crippen molar-refractivity contribution < 1.29 is 4.79 Å². The summed E-state index contributed by atoms with van der Waals surface area (Å²) >= 11 is 1.18. The summed E-state index contributed by atoms with van der Waals surface area (Å²) in [6, 6.07) is 9.28. The lowest BCUT2D eigenvalue weighted by molar-refractivity contribution is 0.103. The normalized spacial score (nSPS) is 10.5. The van der Waals surface area contributed by atoms with Gasteiger partial charge in [-0.25, -0.2) is 9.67 Å². The van der Waals surface area contributed by atoms with E-state index in [1.54, 1.807) is 17.8 Å². The molecule has 3 N–H and O–H groups in total. The van der Waals surface area contributed by atoms with Gasteiger partial charge in [0, 0.05) is 18.1 Å². The molecule has 0 unspecified atom stereocenters. The van der Waals surface area contributed by atoms with Gasteiger partial charge in [-0.2, -0.15) is 5.10 Å². The summed E-state index contributed by atoms with van der Waals surface area (Å²) in [4.78, 5) is 16.7. The molecule has 0 aliphatic rings. The standard InChI is InChI=1S/C14H13N5OS/c1-9-12(21-14(15)17-9)13(20)18-10-3-5-11(6-4-10)19-8-2-7-16-19/h2-8H,1H3,(H2,15,17)(H,18,20). The first-order valence-corrected chi connectivity index (χ1v) is 7.09. The number of nitrogens with zero attached hydrogens (tertiary/aromatic N) is 3. The predicted molar refractivity (Wildman–Crippen MR) is 82.8 cm³/mol. The number of aromatic nitrogens is 3. The average molecular weight is 299 g/mol. The second kappa shape index (κ2) is 5.37. The Bertz CT molecular complexity index is 761. The maximum absolute atomic E-state index is 12.1. The van der Waals surface area contributed by atoms with E-state index in [1.807, 2.05) is 36.5 Å². The zero-order chi connectivity index (χ0) is 14.8. The number of aryl methyl sites for hydroxylation is 1. The summed E-state index contributed by atoms with van der Waals surface area (Å²) in [7, 11) is 0. The predicted octanol–water partition coefficient (Wildman–Crippen LogP) is 2.47. The number of nitrogens with one attached hydrogen (secondary N) is 1. The number of thiazole rings is 1. The second-order valence-electron chi connectivity index (χ2n) is 4.42. The van der Waals surface area contributed by atoms with Crippen LogP contribution < -0.4 is 11.1 Å². The van der Waals surface area contributed by atoms with Crippen molar-refractivity contribution >= 4 is 28.1 Å². The third-order valence-corrected chi connectivity index (χ3v) is 3.90. The van der Waals surface area contributed by atoms with Gasteiger partial charge >= 0.3 is 0 Å². The van der Waals surface area contributed by atoms with Crippen LogP contribution in [0.2, 0.25) is 0 Å². The summed E-state index contributed by atoms with van der Waals surface area (Å²) in [5, 5.41) is 7.37. The van der Waals surface area contributed by atoms with E-state index in [2.05, 4.69) is 15.4 Å². The van der Waals surface area contributed by atoms with Crippen LogP contribution >= 0.6 is 11.3 Å². The maximum Gasteiger partial charge on any atom is 0.267 e. The largest absolute Gasteiger partial charge is 0.375 e. The number of carbonyl (C=O) groups is 1. The van der Waals surface area contributed by atoms with Gasteiger partial charge in [-0.15, -0.1) is 0 Å². The zero-order valence-electron chi connectivity index (χ0n) is 11.3. The quantitative estimate of drug-likeness (QED) is 0.778. The summed E-state index contributed by atoms with van der Waals surface area (Å²) < 4.78 is 1.75. The van der Waals surface area contributed by atoms with Crippen molar-refractivity contribution in [1.29, 1.82) is 0 Å². The van der Waals surface area contributed by atoms with Gasteiger partial charge in [0.05, 0.1) is 11.4 Å². The molecule has 0 saturated carbocycles. The van der Waals surface area contributed by atoms with E-state index >= 15 is 0 Å². The van der Waals surface area contributed by atoms with Crippen LogP contribution in [0.3, 0.4) is 0 Å². The number of anilines is 2. The van der Waals surface area contributed by atoms with E-state index in [1.165, 1.54) is 11.3 Å². The molecule has 1 amide bonds. The number of benzene rings is 1. The topological polar surface area (TPSA) is 85.8 Å². The van der Waals surface area contributed by atoms with Crippen molar-refractivity contribution in [3.05, 3.63) is 53.3 Å². The molecule has 3 rings (SSSR count). The Kier molecular flexibility index (Phi) is 3.41. The summed E-state index contributed by atoms with van der Waals surface area (Å²) in [6.07, 6.45) is 3.57. The molecule has 1 aromatic carbocycles. The summed E-state index contributed by atoms with van der Waals surface area (Å²) in [6.45, 7) is 1.77. The highest BCUT2D eigenvalue weighted by molar-refractivity contribution is 7.17. The molecule has 106 valence electrons. The third-order valence-electron chi connectivity index (χ3n) is 2.91. The number of nitrogens with two attached hydrogens (primary N) is 1. The lowest BCUT2D eigenvalue weighted by Gasteiger charge is -2.06. The maximum atomic E-state index is 12.1. The van der Waals surface area contributed by atoms with Crippen molar-refractivity contribution in [2.45, 2.75) is 6.92 Å². The minimum Gasteiger partial charge on any atom is -0.375 e. The van der Waals surface area contributed by atoms with E-state index in [-0.39, 0.29) is 5.91 Å². The van der Waals surface area contributed by atoms with E-state index in [4.69, 9.17) is 5.73 Å². The molecule has 0 aliphatic heterocycles. The molecule has 6 nitrogen and oxygen atoms in total. The van der Waals surface area contributed by atoms with E-state index in [9.17, 15) is 4.79 Å². The van der Waals surface area contributed by atoms with E-state index in [0.29, 0.717) is 21.4 Å². The average Bonchev–Trinajstić information content (AvgIpc) is 3.09. The first kappa shape index (κ1) is 13.3. The van der Waals surface area contributed by atoms with Crippen LogP contribution in [0.4, 0.5) is 10.8 Å². The summed E-state index contributed by atoms with van der Waals surface area (Å²) in [5.74, 6) is -0.200. The molecule has 0 saturated heterocycles. The Morgan fingerprint density at radius 1 is 1.33 bits per heavy atom. The molecular formula is C14H13N5OS. The van der Waals surface area contributed by atoms with Crippen molar-refractivity contribution in [1.82, 2.24) is 14.8 Å². The third kappa shape index (κ3) is 2.77. The number of rotatable bonds is 3. The number of carbonyl (C=O) groups excluding carboxylic acids is 1. The van der Waals surface area contributed by atoms with Crippen LogP contribution in [0.1, 0.15) is 15.4 Å². The molecule has 21 heavy (non-hydrogen) atoms. The summed E-state index contributed by atoms with van der Waals surface area (Å²) in [5.41, 5.74) is 7.88. The number of amides is 1. The second-order valence-corrected chi connectivity index (χ2v) is 5.45. The molecule has 2 heterocycles. The fourth-order valence-corrected chi connectivity index (χ4v) is 2.66. The van der Waals surface area contributed by atoms with Gasteiger partial charge in [-0.05, 0) is 37.3 Å². The first-order valence-electron chi connectivity index (χ1n) is 6.28. The fraction of sp³-hybridized carbons (Fsp3) is 0.0714. The molecule has 0 radical (unpaired) electrons. The highest BCUT2D eigenvalue weighted by Gasteiger charge is 2.14. The fourth-order valence-electron chi connectivity index (χ4n) is 1.93. The van der Waals surface area contributed by atoms with Gasteiger partial charge in [-0.3, -0.25) is 4.79 Å². The molecule has 0 fully saturated rings. The van der Waals surface area contributed by atoms with E-state index in [0.717, 1.165) is 5.69 Å². The molecule has 3 aromatic rings. The van der Waals surface area contributed by atoms with Crippen LogP contribution in [-0.4, -0.2) is 20.7 Å². The number of nitrogen functional groups attached to an aromatic ring is 1. The van der Waals surface area contributed by atoms with Crippen LogP contribution in [-0.2, 0) is 0 Å². The van der Waals surface area contributed by atoms with Crippen molar-refractivity contribution in [3.63, 3.8) is 0 Å². The minimum absolute atomic E-state index is 0.200. The van der Waals surface area contributed by atoms with Gasteiger partial charge in [-0.1, -0.05) is 11.3 Å². The van der Waals surface area contributed by atoms with Gasteiger partial charge in [0.1, 0.15) is 4.88 Å². The molecule has 2 aromatic heterocycles. The Morgan fingerprint density at radius 3 is 2.67 bits per heavy atom. The monoisotopic (exact) mass is 299 g/mol. The van der Waals surface area contributed by atoms with Crippen LogP contribution in [0.25, 0.3) is 5.69 Å². The van der Waals surface area contributed by atoms with Gasteiger partial charge in [0.25, 0.3) is 5.91 Å². The highest BCUT2D eigenvalue weighted by Crippen LogP contribution is 2.21. The lowest BCUT2D eigenvalue weighted by atomic mass is 10.2. The number of hydrogen-bond donors (Lipinski definition) is 2. The van der Waals surface area contributed by atoms with Crippen molar-refractivity contribution in [2.75, 3.05) is 11.1 Å². The van der Waals surface area contributed by atoms with Gasteiger partial charge < -0.3 is 11.1 Å². The molecule has 7 heteroatoms. The Labute approximate surface area is 125 Å².